The lowest BCUT2D eigenvalue weighted by Gasteiger charge is -2.13. The molecule has 0 aliphatic heterocycles. The lowest BCUT2D eigenvalue weighted by atomic mass is 10.1. The zero-order valence-corrected chi connectivity index (χ0v) is 11.9. The van der Waals surface area contributed by atoms with Crippen LogP contribution in [0, 0.1) is 11.7 Å². The highest BCUT2D eigenvalue weighted by atomic mass is 79.9. The van der Waals surface area contributed by atoms with Crippen molar-refractivity contribution < 1.29 is 19.1 Å². The molecule has 0 aromatic heterocycles. The lowest BCUT2D eigenvalue weighted by Crippen LogP contribution is -2.36. The van der Waals surface area contributed by atoms with Crippen LogP contribution in [0.4, 0.5) is 14.9 Å². The van der Waals surface area contributed by atoms with Crippen LogP contribution in [0.3, 0.4) is 0 Å². The summed E-state index contributed by atoms with van der Waals surface area (Å²) >= 11 is 3.02. The number of nitrogens with one attached hydrogen (secondary N) is 2. The van der Waals surface area contributed by atoms with E-state index in [1.165, 1.54) is 18.2 Å². The van der Waals surface area contributed by atoms with Crippen LogP contribution >= 0.6 is 15.9 Å². The minimum absolute atomic E-state index is 0.252. The van der Waals surface area contributed by atoms with E-state index in [0.29, 0.717) is 12.1 Å². The maximum atomic E-state index is 13.0. The quantitative estimate of drug-likeness (QED) is 0.739. The molecule has 7 heteroatoms. The SMILES string of the molecule is O=C(Nc1ccc(F)c(Br)c1)NC1C=CC(C(=O)O)C1. The van der Waals surface area contributed by atoms with Crippen LogP contribution < -0.4 is 10.6 Å². The second kappa shape index (κ2) is 6.04. The molecule has 0 radical (unpaired) electrons. The number of carboxylic acid groups (broad SMARTS) is 1. The van der Waals surface area contributed by atoms with Gasteiger partial charge in [0.15, 0.2) is 0 Å². The van der Waals surface area contributed by atoms with Crippen LogP contribution in [0.25, 0.3) is 0 Å². The first-order valence-electron chi connectivity index (χ1n) is 5.89. The summed E-state index contributed by atoms with van der Waals surface area (Å²) in [5.74, 6) is -1.90. The van der Waals surface area contributed by atoms with Gasteiger partial charge in [0.25, 0.3) is 0 Å². The van der Waals surface area contributed by atoms with E-state index in [2.05, 4.69) is 26.6 Å². The minimum Gasteiger partial charge on any atom is -0.481 e. The Morgan fingerprint density at radius 3 is 2.70 bits per heavy atom. The fraction of sp³-hybridized carbons (Fsp3) is 0.231. The Bertz CT molecular complexity index is 577. The van der Waals surface area contributed by atoms with Gasteiger partial charge in [-0.1, -0.05) is 12.2 Å². The fourth-order valence-electron chi connectivity index (χ4n) is 1.90. The molecule has 106 valence electrons. The Morgan fingerprint density at radius 2 is 2.10 bits per heavy atom. The van der Waals surface area contributed by atoms with E-state index >= 15 is 0 Å². The number of carboxylic acids is 1. The maximum Gasteiger partial charge on any atom is 0.319 e. The number of carbonyl (C=O) groups excluding carboxylic acids is 1. The highest BCUT2D eigenvalue weighted by molar-refractivity contribution is 9.10. The van der Waals surface area contributed by atoms with Gasteiger partial charge in [-0.25, -0.2) is 9.18 Å². The zero-order valence-electron chi connectivity index (χ0n) is 10.3. The third-order valence-corrected chi connectivity index (χ3v) is 3.50. The molecule has 0 heterocycles. The summed E-state index contributed by atoms with van der Waals surface area (Å²) in [5.41, 5.74) is 0.438. The number of anilines is 1. The van der Waals surface area contributed by atoms with Gasteiger partial charge >= 0.3 is 12.0 Å². The summed E-state index contributed by atoms with van der Waals surface area (Å²) in [7, 11) is 0. The number of rotatable bonds is 3. The van der Waals surface area contributed by atoms with Gasteiger partial charge in [0.2, 0.25) is 0 Å². The number of urea groups is 1. The second-order valence-corrected chi connectivity index (χ2v) is 5.25. The van der Waals surface area contributed by atoms with Gasteiger partial charge < -0.3 is 15.7 Å². The van der Waals surface area contributed by atoms with Crippen molar-refractivity contribution in [2.24, 2.45) is 5.92 Å². The standard InChI is InChI=1S/C13H12BrFN2O3/c14-10-6-9(3-4-11(10)15)17-13(20)16-8-2-1-7(5-8)12(18)19/h1-4,6-8H,5H2,(H,18,19)(H2,16,17,20). The van der Waals surface area contributed by atoms with Crippen molar-refractivity contribution in [2.45, 2.75) is 12.5 Å². The highest BCUT2D eigenvalue weighted by Crippen LogP contribution is 2.21. The molecule has 5 nitrogen and oxygen atoms in total. The van der Waals surface area contributed by atoms with E-state index < -0.39 is 23.7 Å². The normalized spacial score (nSPS) is 20.7. The van der Waals surface area contributed by atoms with E-state index in [0.717, 1.165) is 0 Å². The van der Waals surface area contributed by atoms with Gasteiger partial charge in [0, 0.05) is 5.69 Å². The molecule has 0 saturated heterocycles. The van der Waals surface area contributed by atoms with Gasteiger partial charge in [0.05, 0.1) is 16.4 Å². The first kappa shape index (κ1) is 14.5. The van der Waals surface area contributed by atoms with E-state index in [4.69, 9.17) is 5.11 Å². The first-order valence-corrected chi connectivity index (χ1v) is 6.68. The molecule has 2 amide bonds. The molecule has 0 fully saturated rings. The van der Waals surface area contributed by atoms with Crippen molar-refractivity contribution in [3.05, 3.63) is 40.6 Å². The Balaban J connectivity index is 1.89. The number of amides is 2. The number of benzene rings is 1. The Morgan fingerprint density at radius 1 is 1.35 bits per heavy atom. The van der Waals surface area contributed by atoms with Crippen molar-refractivity contribution in [1.82, 2.24) is 5.32 Å². The molecule has 1 aliphatic carbocycles. The largest absolute Gasteiger partial charge is 0.481 e. The monoisotopic (exact) mass is 342 g/mol. The zero-order chi connectivity index (χ0) is 14.7. The number of halogens is 2. The molecule has 1 aliphatic rings. The van der Waals surface area contributed by atoms with Gasteiger partial charge in [-0.2, -0.15) is 0 Å². The summed E-state index contributed by atoms with van der Waals surface area (Å²) in [6, 6.07) is 3.32. The summed E-state index contributed by atoms with van der Waals surface area (Å²) in [4.78, 5) is 22.5. The third kappa shape index (κ3) is 3.57. The van der Waals surface area contributed by atoms with Crippen molar-refractivity contribution in [2.75, 3.05) is 5.32 Å². The smallest absolute Gasteiger partial charge is 0.319 e. The third-order valence-electron chi connectivity index (χ3n) is 2.89. The van der Waals surface area contributed by atoms with Crippen molar-refractivity contribution >= 4 is 33.6 Å². The van der Waals surface area contributed by atoms with E-state index in [9.17, 15) is 14.0 Å². The molecule has 20 heavy (non-hydrogen) atoms. The van der Waals surface area contributed by atoms with Crippen LogP contribution in [-0.4, -0.2) is 23.1 Å². The predicted molar refractivity (Wildman–Crippen MR) is 74.9 cm³/mol. The van der Waals surface area contributed by atoms with Gasteiger partial charge in [0.1, 0.15) is 5.82 Å². The van der Waals surface area contributed by atoms with Crippen LogP contribution in [0.15, 0.2) is 34.8 Å². The highest BCUT2D eigenvalue weighted by Gasteiger charge is 2.25. The summed E-state index contributed by atoms with van der Waals surface area (Å²) in [6.07, 6.45) is 3.54. The van der Waals surface area contributed by atoms with Crippen molar-refractivity contribution in [3.8, 4) is 0 Å². The predicted octanol–water partition coefficient (Wildman–Crippen LogP) is 2.74. The maximum absolute atomic E-state index is 13.0. The lowest BCUT2D eigenvalue weighted by molar-refractivity contribution is -0.140. The summed E-state index contributed by atoms with van der Waals surface area (Å²) in [6.45, 7) is 0. The van der Waals surface area contributed by atoms with Gasteiger partial charge in [-0.3, -0.25) is 4.79 Å². The van der Waals surface area contributed by atoms with Crippen LogP contribution in [0.1, 0.15) is 6.42 Å². The van der Waals surface area contributed by atoms with E-state index in [1.807, 2.05) is 0 Å². The summed E-state index contributed by atoms with van der Waals surface area (Å²) < 4.78 is 13.3. The van der Waals surface area contributed by atoms with E-state index in [-0.39, 0.29) is 10.5 Å². The topological polar surface area (TPSA) is 78.4 Å². The molecular formula is C13H12BrFN2O3. The Kier molecular flexibility index (Phi) is 4.39. The van der Waals surface area contributed by atoms with Gasteiger partial charge in [-0.15, -0.1) is 0 Å². The molecule has 1 aromatic carbocycles. The number of hydrogen-bond acceptors (Lipinski definition) is 2. The molecule has 0 spiro atoms. The van der Waals surface area contributed by atoms with E-state index in [1.54, 1.807) is 12.2 Å². The van der Waals surface area contributed by atoms with Crippen LogP contribution in [-0.2, 0) is 4.79 Å². The Labute approximate surface area is 123 Å². The number of aliphatic carboxylic acids is 1. The molecule has 2 rings (SSSR count). The van der Waals surface area contributed by atoms with Gasteiger partial charge in [-0.05, 0) is 40.5 Å². The number of hydrogen-bond donors (Lipinski definition) is 3. The number of carbonyl (C=O) groups is 2. The molecule has 0 saturated carbocycles. The second-order valence-electron chi connectivity index (χ2n) is 4.40. The molecule has 2 unspecified atom stereocenters. The summed E-state index contributed by atoms with van der Waals surface area (Å²) in [5, 5.41) is 14.0. The molecule has 2 atom stereocenters. The fourth-order valence-corrected chi connectivity index (χ4v) is 2.28. The molecule has 3 N–H and O–H groups in total. The molecule has 1 aromatic rings. The average Bonchev–Trinajstić information content (AvgIpc) is 2.82. The van der Waals surface area contributed by atoms with Crippen molar-refractivity contribution in [1.29, 1.82) is 0 Å². The minimum atomic E-state index is -0.909. The van der Waals surface area contributed by atoms with Crippen molar-refractivity contribution in [3.63, 3.8) is 0 Å². The first-order chi connectivity index (χ1) is 9.45. The van der Waals surface area contributed by atoms with Crippen LogP contribution in [0.5, 0.6) is 0 Å². The molecular weight excluding hydrogens is 331 g/mol. The Hall–Kier alpha value is -1.89. The molecule has 0 bridgehead atoms. The van der Waals surface area contributed by atoms with Crippen LogP contribution in [0.2, 0.25) is 0 Å². The average molecular weight is 343 g/mol.